The number of nitrogens with zero attached hydrogens (tertiary/aromatic N) is 1. The Morgan fingerprint density at radius 2 is 1.56 bits per heavy atom. The zero-order chi connectivity index (χ0) is 11.4. The van der Waals surface area contributed by atoms with E-state index in [9.17, 15) is 4.21 Å². The first-order chi connectivity index (χ1) is 7.75. The summed E-state index contributed by atoms with van der Waals surface area (Å²) in [7, 11) is 0. The van der Waals surface area contributed by atoms with Gasteiger partial charge in [0, 0.05) is 12.4 Å². The summed E-state index contributed by atoms with van der Waals surface area (Å²) in [6, 6.07) is 11.5. The summed E-state index contributed by atoms with van der Waals surface area (Å²) in [6.07, 6.45) is 3.48. The highest BCUT2D eigenvalue weighted by Crippen LogP contribution is 2.18. The third-order valence-electron chi connectivity index (χ3n) is 2.26. The SMILES string of the molecule is O=S(O)Cc1ccc(-c2ccncc2)cc1. The van der Waals surface area contributed by atoms with Crippen LogP contribution in [0.1, 0.15) is 5.56 Å². The van der Waals surface area contributed by atoms with Crippen molar-refractivity contribution in [2.75, 3.05) is 0 Å². The van der Waals surface area contributed by atoms with Gasteiger partial charge in [-0.05, 0) is 28.8 Å². The third-order valence-corrected chi connectivity index (χ3v) is 2.84. The normalized spacial score (nSPS) is 12.3. The van der Waals surface area contributed by atoms with E-state index >= 15 is 0 Å². The van der Waals surface area contributed by atoms with E-state index in [1.54, 1.807) is 12.4 Å². The van der Waals surface area contributed by atoms with Gasteiger partial charge < -0.3 is 4.55 Å². The second kappa shape index (κ2) is 5.01. The van der Waals surface area contributed by atoms with Crippen LogP contribution < -0.4 is 0 Å². The third kappa shape index (κ3) is 2.74. The van der Waals surface area contributed by atoms with E-state index in [-0.39, 0.29) is 5.75 Å². The number of rotatable bonds is 3. The number of hydrogen-bond donors (Lipinski definition) is 1. The van der Waals surface area contributed by atoms with Gasteiger partial charge in [0.05, 0.1) is 5.75 Å². The number of benzene rings is 1. The lowest BCUT2D eigenvalue weighted by molar-refractivity contribution is 0.563. The van der Waals surface area contributed by atoms with Gasteiger partial charge in [0.1, 0.15) is 0 Å². The molecule has 2 aromatic rings. The second-order valence-corrected chi connectivity index (χ2v) is 4.33. The number of hydrogen-bond acceptors (Lipinski definition) is 2. The van der Waals surface area contributed by atoms with Crippen molar-refractivity contribution in [2.45, 2.75) is 5.75 Å². The van der Waals surface area contributed by atoms with Gasteiger partial charge in [0.15, 0.2) is 11.1 Å². The molecule has 1 aromatic carbocycles. The van der Waals surface area contributed by atoms with Crippen molar-refractivity contribution in [1.82, 2.24) is 4.98 Å². The van der Waals surface area contributed by atoms with Crippen LogP contribution in [0.5, 0.6) is 0 Å². The Balaban J connectivity index is 2.23. The topological polar surface area (TPSA) is 50.2 Å². The summed E-state index contributed by atoms with van der Waals surface area (Å²) >= 11 is -1.78. The van der Waals surface area contributed by atoms with Crippen LogP contribution in [0, 0.1) is 0 Å². The first-order valence-corrected chi connectivity index (χ1v) is 6.10. The van der Waals surface area contributed by atoms with Gasteiger partial charge in [-0.15, -0.1) is 0 Å². The maximum Gasteiger partial charge on any atom is 0.157 e. The molecule has 2 rings (SSSR count). The van der Waals surface area contributed by atoms with Gasteiger partial charge in [-0.2, -0.15) is 0 Å². The number of pyridine rings is 1. The molecule has 1 N–H and O–H groups in total. The first-order valence-electron chi connectivity index (χ1n) is 4.82. The van der Waals surface area contributed by atoms with Crippen LogP contribution in [0.15, 0.2) is 48.8 Å². The highest BCUT2D eigenvalue weighted by molar-refractivity contribution is 7.78. The smallest absolute Gasteiger partial charge is 0.157 e. The van der Waals surface area contributed by atoms with Crippen LogP contribution in [0.3, 0.4) is 0 Å². The lowest BCUT2D eigenvalue weighted by Crippen LogP contribution is -1.92. The Morgan fingerprint density at radius 3 is 2.12 bits per heavy atom. The van der Waals surface area contributed by atoms with Gasteiger partial charge in [0.25, 0.3) is 0 Å². The van der Waals surface area contributed by atoms with E-state index in [4.69, 9.17) is 4.55 Å². The summed E-state index contributed by atoms with van der Waals surface area (Å²) < 4.78 is 19.4. The molecule has 4 heteroatoms. The van der Waals surface area contributed by atoms with Crippen molar-refractivity contribution in [3.63, 3.8) is 0 Å². The fraction of sp³-hybridized carbons (Fsp3) is 0.0833. The molecule has 0 aliphatic carbocycles. The standard InChI is InChI=1S/C12H11NO2S/c14-16(15)9-10-1-3-11(4-2-10)12-5-7-13-8-6-12/h1-8H,9H2,(H,14,15). The summed E-state index contributed by atoms with van der Waals surface area (Å²) in [5, 5.41) is 0. The van der Waals surface area contributed by atoms with E-state index in [0.29, 0.717) is 0 Å². The largest absolute Gasteiger partial charge is 0.306 e. The molecule has 1 heterocycles. The maximum atomic E-state index is 10.6. The van der Waals surface area contributed by atoms with Crippen LogP contribution in [0.4, 0.5) is 0 Å². The van der Waals surface area contributed by atoms with Crippen LogP contribution in [-0.2, 0) is 16.8 Å². The minimum atomic E-state index is -1.78. The molecular weight excluding hydrogens is 222 g/mol. The van der Waals surface area contributed by atoms with Crippen molar-refractivity contribution in [3.05, 3.63) is 54.4 Å². The lowest BCUT2D eigenvalue weighted by Gasteiger charge is -2.02. The monoisotopic (exact) mass is 233 g/mol. The second-order valence-electron chi connectivity index (χ2n) is 3.40. The average Bonchev–Trinajstić information content (AvgIpc) is 2.30. The van der Waals surface area contributed by atoms with Crippen molar-refractivity contribution in [3.8, 4) is 11.1 Å². The van der Waals surface area contributed by atoms with Crippen LogP contribution in [0.25, 0.3) is 11.1 Å². The molecule has 0 aliphatic heterocycles. The molecular formula is C12H11NO2S. The average molecular weight is 233 g/mol. The van der Waals surface area contributed by atoms with Gasteiger partial charge in [-0.1, -0.05) is 24.3 Å². The van der Waals surface area contributed by atoms with Crippen molar-refractivity contribution >= 4 is 11.1 Å². The summed E-state index contributed by atoms with van der Waals surface area (Å²) in [5.41, 5.74) is 3.03. The molecule has 0 saturated heterocycles. The molecule has 0 saturated carbocycles. The molecule has 1 unspecified atom stereocenters. The summed E-state index contributed by atoms with van der Waals surface area (Å²) in [4.78, 5) is 3.95. The van der Waals surface area contributed by atoms with Crippen molar-refractivity contribution in [1.29, 1.82) is 0 Å². The Labute approximate surface area is 96.5 Å². The van der Waals surface area contributed by atoms with E-state index in [1.807, 2.05) is 36.4 Å². The van der Waals surface area contributed by atoms with Gasteiger partial charge in [0.2, 0.25) is 0 Å². The first kappa shape index (κ1) is 11.0. The Bertz CT molecular complexity index is 482. The molecule has 0 spiro atoms. The fourth-order valence-electron chi connectivity index (χ4n) is 1.48. The zero-order valence-electron chi connectivity index (χ0n) is 8.54. The molecule has 82 valence electrons. The Kier molecular flexibility index (Phi) is 3.44. The lowest BCUT2D eigenvalue weighted by atomic mass is 10.1. The Morgan fingerprint density at radius 1 is 1.00 bits per heavy atom. The molecule has 1 atom stereocenters. The van der Waals surface area contributed by atoms with Gasteiger partial charge >= 0.3 is 0 Å². The number of aromatic nitrogens is 1. The molecule has 3 nitrogen and oxygen atoms in total. The van der Waals surface area contributed by atoms with Crippen LogP contribution in [0.2, 0.25) is 0 Å². The molecule has 0 bridgehead atoms. The van der Waals surface area contributed by atoms with E-state index in [0.717, 1.165) is 16.7 Å². The summed E-state index contributed by atoms with van der Waals surface area (Å²) in [5.74, 6) is 0.177. The molecule has 0 fully saturated rings. The molecule has 0 amide bonds. The Hall–Kier alpha value is -1.52. The van der Waals surface area contributed by atoms with Crippen molar-refractivity contribution < 1.29 is 8.76 Å². The minimum absolute atomic E-state index is 0.177. The van der Waals surface area contributed by atoms with Crippen molar-refractivity contribution in [2.24, 2.45) is 0 Å². The van der Waals surface area contributed by atoms with Gasteiger partial charge in [-0.3, -0.25) is 4.98 Å². The summed E-state index contributed by atoms with van der Waals surface area (Å²) in [6.45, 7) is 0. The fourth-order valence-corrected chi connectivity index (χ4v) is 1.96. The predicted octanol–water partition coefficient (Wildman–Crippen LogP) is 2.47. The minimum Gasteiger partial charge on any atom is -0.306 e. The molecule has 1 aromatic heterocycles. The van der Waals surface area contributed by atoms with E-state index < -0.39 is 11.1 Å². The van der Waals surface area contributed by atoms with E-state index in [1.165, 1.54) is 0 Å². The molecule has 0 radical (unpaired) electrons. The molecule has 0 aliphatic rings. The molecule has 16 heavy (non-hydrogen) atoms. The zero-order valence-corrected chi connectivity index (χ0v) is 9.35. The van der Waals surface area contributed by atoms with E-state index in [2.05, 4.69) is 4.98 Å². The highest BCUT2D eigenvalue weighted by atomic mass is 32.2. The van der Waals surface area contributed by atoms with Crippen LogP contribution in [-0.4, -0.2) is 13.7 Å². The van der Waals surface area contributed by atoms with Crippen LogP contribution >= 0.6 is 0 Å². The predicted molar refractivity (Wildman–Crippen MR) is 64.1 cm³/mol. The highest BCUT2D eigenvalue weighted by Gasteiger charge is 1.99. The quantitative estimate of drug-likeness (QED) is 0.828. The maximum absolute atomic E-state index is 10.6. The van der Waals surface area contributed by atoms with Gasteiger partial charge in [-0.25, -0.2) is 4.21 Å².